The fourth-order valence-electron chi connectivity index (χ4n) is 2.28. The van der Waals surface area contributed by atoms with Crippen LogP contribution in [0.25, 0.3) is 11.2 Å². The summed E-state index contributed by atoms with van der Waals surface area (Å²) in [5.74, 6) is -0.163. The fraction of sp³-hybridized carbons (Fsp3) is 0.455. The topological polar surface area (TPSA) is 180 Å². The van der Waals surface area contributed by atoms with Gasteiger partial charge in [0.25, 0.3) is 5.56 Å². The van der Waals surface area contributed by atoms with Gasteiger partial charge < -0.3 is 30.9 Å². The molecular formula is C11H14N5O6. The summed E-state index contributed by atoms with van der Waals surface area (Å²) >= 11 is 0. The van der Waals surface area contributed by atoms with Gasteiger partial charge in [-0.25, -0.2) is 4.98 Å². The Morgan fingerprint density at radius 2 is 2.09 bits per heavy atom. The summed E-state index contributed by atoms with van der Waals surface area (Å²) in [7, 11) is 0. The lowest BCUT2D eigenvalue weighted by molar-refractivity contribution is -0.195. The van der Waals surface area contributed by atoms with Crippen molar-refractivity contribution in [1.82, 2.24) is 19.5 Å². The van der Waals surface area contributed by atoms with E-state index in [4.69, 9.17) is 10.5 Å². The maximum atomic E-state index is 11.7. The van der Waals surface area contributed by atoms with Gasteiger partial charge in [-0.2, -0.15) is 4.98 Å². The van der Waals surface area contributed by atoms with Gasteiger partial charge in [0.05, 0.1) is 12.9 Å². The van der Waals surface area contributed by atoms with Gasteiger partial charge in [0.1, 0.15) is 24.4 Å². The molecule has 7 N–H and O–H groups in total. The van der Waals surface area contributed by atoms with Crippen molar-refractivity contribution in [3.8, 4) is 0 Å². The van der Waals surface area contributed by atoms with Crippen LogP contribution in [-0.4, -0.2) is 71.0 Å². The Hall–Kier alpha value is -2.05. The lowest BCUT2D eigenvalue weighted by Gasteiger charge is -2.39. The molecule has 11 heteroatoms. The number of rotatable bonds is 2. The number of nitrogens with zero attached hydrogens (tertiary/aromatic N) is 3. The van der Waals surface area contributed by atoms with Gasteiger partial charge in [0.15, 0.2) is 11.2 Å². The Bertz CT molecular complexity index is 742. The van der Waals surface area contributed by atoms with Crippen molar-refractivity contribution in [2.45, 2.75) is 24.4 Å². The number of H-pyrrole nitrogens is 1. The monoisotopic (exact) mass is 312 g/mol. The minimum absolute atomic E-state index is 0.00980. The third-order valence-corrected chi connectivity index (χ3v) is 3.42. The maximum absolute atomic E-state index is 11.7. The molecule has 1 saturated heterocycles. The number of aliphatic hydroxyl groups excluding tert-OH is 4. The van der Waals surface area contributed by atoms with E-state index >= 15 is 0 Å². The molecule has 2 aromatic rings. The Kier molecular flexibility index (Phi) is 3.58. The van der Waals surface area contributed by atoms with Gasteiger partial charge in [0.2, 0.25) is 12.2 Å². The van der Waals surface area contributed by atoms with Crippen LogP contribution < -0.4 is 11.3 Å². The highest BCUT2D eigenvalue weighted by molar-refractivity contribution is 5.71. The molecule has 0 aliphatic carbocycles. The highest BCUT2D eigenvalue weighted by Gasteiger charge is 2.46. The number of ether oxygens (including phenoxy) is 1. The Balaban J connectivity index is 2.08. The average Bonchev–Trinajstić information content (AvgIpc) is 2.89. The quantitative estimate of drug-likeness (QED) is 0.328. The number of aromatic nitrogens is 4. The summed E-state index contributed by atoms with van der Waals surface area (Å²) in [4.78, 5) is 21.7. The fourth-order valence-corrected chi connectivity index (χ4v) is 2.28. The Morgan fingerprint density at radius 1 is 1.36 bits per heavy atom. The van der Waals surface area contributed by atoms with Crippen LogP contribution in [0.1, 0.15) is 0 Å². The minimum atomic E-state index is -1.60. The molecule has 0 spiro atoms. The number of nitrogens with two attached hydrogens (primary N) is 1. The number of aliphatic hydroxyl groups is 4. The molecule has 22 heavy (non-hydrogen) atoms. The summed E-state index contributed by atoms with van der Waals surface area (Å²) in [6.07, 6.45) is -4.87. The Labute approximate surface area is 122 Å². The van der Waals surface area contributed by atoms with E-state index in [0.717, 1.165) is 10.9 Å². The number of fused-ring (bicyclic) bond motifs is 1. The molecule has 3 heterocycles. The molecule has 1 aliphatic rings. The van der Waals surface area contributed by atoms with E-state index in [0.29, 0.717) is 0 Å². The predicted molar refractivity (Wildman–Crippen MR) is 71.2 cm³/mol. The van der Waals surface area contributed by atoms with Crippen molar-refractivity contribution < 1.29 is 25.2 Å². The van der Waals surface area contributed by atoms with Crippen LogP contribution in [-0.2, 0) is 4.74 Å². The molecule has 0 unspecified atom stereocenters. The van der Waals surface area contributed by atoms with Gasteiger partial charge in [0, 0.05) is 0 Å². The molecule has 119 valence electrons. The molecule has 0 amide bonds. The van der Waals surface area contributed by atoms with Gasteiger partial charge in [-0.05, 0) is 0 Å². The van der Waals surface area contributed by atoms with Crippen LogP contribution in [0.3, 0.4) is 0 Å². The normalized spacial score (nSPS) is 30.0. The van der Waals surface area contributed by atoms with E-state index in [-0.39, 0.29) is 23.3 Å². The first-order valence-electron chi connectivity index (χ1n) is 6.35. The van der Waals surface area contributed by atoms with Crippen molar-refractivity contribution in [1.29, 1.82) is 0 Å². The van der Waals surface area contributed by atoms with E-state index in [1.807, 2.05) is 0 Å². The van der Waals surface area contributed by atoms with Gasteiger partial charge >= 0.3 is 0 Å². The number of hydrogen-bond acceptors (Lipinski definition) is 9. The second kappa shape index (κ2) is 5.30. The van der Waals surface area contributed by atoms with E-state index < -0.39 is 36.6 Å². The largest absolute Gasteiger partial charge is 0.394 e. The lowest BCUT2D eigenvalue weighted by Crippen LogP contribution is -2.56. The molecule has 2 aromatic heterocycles. The van der Waals surface area contributed by atoms with E-state index in [1.165, 1.54) is 0 Å². The average molecular weight is 312 g/mol. The zero-order chi connectivity index (χ0) is 16.0. The van der Waals surface area contributed by atoms with E-state index in [1.54, 1.807) is 0 Å². The maximum Gasteiger partial charge on any atom is 0.280 e. The van der Waals surface area contributed by atoms with Gasteiger partial charge in [-0.1, -0.05) is 0 Å². The number of aromatic amines is 1. The molecule has 1 radical (unpaired) electrons. The number of nitrogens with one attached hydrogen (secondary N) is 1. The van der Waals surface area contributed by atoms with Crippen LogP contribution in [0.2, 0.25) is 0 Å². The van der Waals surface area contributed by atoms with Crippen molar-refractivity contribution in [3.05, 3.63) is 22.9 Å². The highest BCUT2D eigenvalue weighted by Crippen LogP contribution is 2.29. The predicted octanol–water partition coefficient (Wildman–Crippen LogP) is -3.49. The van der Waals surface area contributed by atoms with Crippen molar-refractivity contribution in [2.75, 3.05) is 12.3 Å². The summed E-state index contributed by atoms with van der Waals surface area (Å²) in [6, 6.07) is 0. The first kappa shape index (κ1) is 14.9. The molecule has 0 bridgehead atoms. The van der Waals surface area contributed by atoms with Crippen LogP contribution in [0.15, 0.2) is 11.1 Å². The third-order valence-electron chi connectivity index (χ3n) is 3.42. The first-order valence-corrected chi connectivity index (χ1v) is 6.35. The van der Waals surface area contributed by atoms with Crippen molar-refractivity contribution in [2.24, 2.45) is 0 Å². The number of hydrogen-bond donors (Lipinski definition) is 6. The highest BCUT2D eigenvalue weighted by atomic mass is 16.6. The van der Waals surface area contributed by atoms with Crippen LogP contribution >= 0.6 is 0 Å². The SMILES string of the molecule is Nc1nc2c(ncn2[C]2O[C@H](CO)[C@H](O)[C@H](O)[C@H]2O)c(=O)[nH]1. The third kappa shape index (κ3) is 2.15. The minimum Gasteiger partial charge on any atom is -0.394 e. The number of nitrogen functional groups attached to an aromatic ring is 1. The van der Waals surface area contributed by atoms with E-state index in [2.05, 4.69) is 15.0 Å². The van der Waals surface area contributed by atoms with E-state index in [9.17, 15) is 25.2 Å². The number of anilines is 1. The first-order chi connectivity index (χ1) is 10.4. The molecule has 1 aliphatic heterocycles. The Morgan fingerprint density at radius 3 is 2.77 bits per heavy atom. The zero-order valence-electron chi connectivity index (χ0n) is 11.1. The summed E-state index contributed by atoms with van der Waals surface area (Å²) < 4.78 is 6.43. The van der Waals surface area contributed by atoms with Crippen molar-refractivity contribution in [3.63, 3.8) is 0 Å². The zero-order valence-corrected chi connectivity index (χ0v) is 11.1. The molecule has 1 fully saturated rings. The molecule has 4 atom stereocenters. The standard InChI is InChI=1S/C11H14N5O6/c12-11-14-8-4(9(21)15-11)13-2-16(8)10-7(20)6(19)5(18)3(1-17)22-10/h2-3,5-7,17-20H,1H2,(H3,12,14,15,21)/t3-,5+,6+,7-/m1/s1. The second-order valence-corrected chi connectivity index (χ2v) is 4.84. The molecule has 0 saturated carbocycles. The smallest absolute Gasteiger partial charge is 0.280 e. The van der Waals surface area contributed by atoms with Crippen LogP contribution in [0, 0.1) is 6.23 Å². The van der Waals surface area contributed by atoms with Crippen LogP contribution in [0.5, 0.6) is 0 Å². The summed E-state index contributed by atoms with van der Waals surface area (Å²) in [5, 5.41) is 38.8. The number of imidazole rings is 1. The molecular weight excluding hydrogens is 298 g/mol. The van der Waals surface area contributed by atoms with Crippen molar-refractivity contribution >= 4 is 17.1 Å². The van der Waals surface area contributed by atoms with Gasteiger partial charge in [-0.3, -0.25) is 14.3 Å². The molecule has 11 nitrogen and oxygen atoms in total. The second-order valence-electron chi connectivity index (χ2n) is 4.84. The molecule has 0 aromatic carbocycles. The molecule has 3 rings (SSSR count). The van der Waals surface area contributed by atoms with Gasteiger partial charge in [-0.15, -0.1) is 0 Å². The summed E-state index contributed by atoms with van der Waals surface area (Å²) in [6.45, 7) is -0.586. The summed E-state index contributed by atoms with van der Waals surface area (Å²) in [5.41, 5.74) is 4.86. The van der Waals surface area contributed by atoms with Crippen LogP contribution in [0.4, 0.5) is 5.95 Å². The lowest BCUT2D eigenvalue weighted by atomic mass is 9.98.